The van der Waals surface area contributed by atoms with Gasteiger partial charge < -0.3 is 10.5 Å². The van der Waals surface area contributed by atoms with E-state index in [0.717, 1.165) is 17.0 Å². The molecule has 0 unspecified atom stereocenters. The van der Waals surface area contributed by atoms with E-state index < -0.39 is 0 Å². The molecule has 0 amide bonds. The minimum absolute atomic E-state index is 0.579. The molecule has 0 aliphatic rings. The second-order valence-electron chi connectivity index (χ2n) is 4.81. The van der Waals surface area contributed by atoms with Gasteiger partial charge in [-0.05, 0) is 42.3 Å². The van der Waals surface area contributed by atoms with Crippen LogP contribution in [0.3, 0.4) is 0 Å². The smallest absolute Gasteiger partial charge is 0.180 e. The van der Waals surface area contributed by atoms with Crippen molar-refractivity contribution < 1.29 is 4.74 Å². The molecular weight excluding hydrogens is 280 g/mol. The summed E-state index contributed by atoms with van der Waals surface area (Å²) in [4.78, 5) is 4.27. The van der Waals surface area contributed by atoms with Crippen molar-refractivity contribution in [3.63, 3.8) is 0 Å². The monoisotopic (exact) mass is 296 g/mol. The van der Waals surface area contributed by atoms with E-state index in [0.29, 0.717) is 11.7 Å². The van der Waals surface area contributed by atoms with Gasteiger partial charge in [-0.3, -0.25) is 0 Å². The number of aromatic nitrogens is 1. The fourth-order valence-electron chi connectivity index (χ4n) is 2.08. The Balaban J connectivity index is 1.69. The fraction of sp³-hybridized carbons (Fsp3) is 0.118. The maximum Gasteiger partial charge on any atom is 0.180 e. The van der Waals surface area contributed by atoms with Crippen molar-refractivity contribution >= 4 is 16.5 Å². The number of anilines is 1. The lowest BCUT2D eigenvalue weighted by Gasteiger charge is -2.09. The Morgan fingerprint density at radius 1 is 1.10 bits per heavy atom. The highest BCUT2D eigenvalue weighted by Crippen LogP contribution is 2.25. The van der Waals surface area contributed by atoms with Crippen LogP contribution in [0.25, 0.3) is 11.3 Å². The highest BCUT2D eigenvalue weighted by molar-refractivity contribution is 7.13. The molecule has 21 heavy (non-hydrogen) atoms. The van der Waals surface area contributed by atoms with Crippen LogP contribution >= 0.6 is 11.3 Å². The maximum absolute atomic E-state index is 5.83. The molecule has 0 radical (unpaired) electrons. The van der Waals surface area contributed by atoms with Crippen molar-refractivity contribution in [1.82, 2.24) is 4.98 Å². The predicted molar refractivity (Wildman–Crippen MR) is 87.5 cm³/mol. The Kier molecular flexibility index (Phi) is 3.88. The third-order valence-electron chi connectivity index (χ3n) is 3.33. The number of benzene rings is 2. The van der Waals surface area contributed by atoms with E-state index in [1.54, 1.807) is 0 Å². The largest absolute Gasteiger partial charge is 0.489 e. The fourth-order valence-corrected chi connectivity index (χ4v) is 2.65. The first-order chi connectivity index (χ1) is 10.2. The lowest BCUT2D eigenvalue weighted by molar-refractivity contribution is 0.305. The molecule has 0 spiro atoms. The van der Waals surface area contributed by atoms with Crippen LogP contribution in [0.15, 0.2) is 53.9 Å². The normalized spacial score (nSPS) is 10.5. The second-order valence-corrected chi connectivity index (χ2v) is 5.70. The summed E-state index contributed by atoms with van der Waals surface area (Å²) in [6, 6.07) is 16.2. The first-order valence-corrected chi connectivity index (χ1v) is 7.59. The molecule has 0 aliphatic carbocycles. The van der Waals surface area contributed by atoms with Crippen LogP contribution in [0.1, 0.15) is 11.1 Å². The van der Waals surface area contributed by atoms with Gasteiger partial charge in [-0.2, -0.15) is 0 Å². The van der Waals surface area contributed by atoms with E-state index in [9.17, 15) is 0 Å². The number of hydrogen-bond acceptors (Lipinski definition) is 4. The van der Waals surface area contributed by atoms with Crippen LogP contribution in [0.4, 0.5) is 5.13 Å². The predicted octanol–water partition coefficient (Wildman–Crippen LogP) is 4.28. The number of thiazole rings is 1. The molecule has 0 bridgehead atoms. The summed E-state index contributed by atoms with van der Waals surface area (Å²) in [5.74, 6) is 0.852. The second kappa shape index (κ2) is 5.97. The van der Waals surface area contributed by atoms with E-state index in [4.69, 9.17) is 10.5 Å². The summed E-state index contributed by atoms with van der Waals surface area (Å²) in [7, 11) is 0. The quantitative estimate of drug-likeness (QED) is 0.781. The molecule has 1 aromatic heterocycles. The molecule has 0 aliphatic heterocycles. The van der Waals surface area contributed by atoms with Crippen LogP contribution in [0.5, 0.6) is 5.75 Å². The van der Waals surface area contributed by atoms with Gasteiger partial charge in [0.2, 0.25) is 0 Å². The Morgan fingerprint density at radius 3 is 2.52 bits per heavy atom. The van der Waals surface area contributed by atoms with Gasteiger partial charge in [-0.15, -0.1) is 11.3 Å². The lowest BCUT2D eigenvalue weighted by atomic mass is 10.1. The van der Waals surface area contributed by atoms with E-state index in [-0.39, 0.29) is 0 Å². The molecule has 3 nitrogen and oxygen atoms in total. The number of ether oxygens (including phenoxy) is 1. The zero-order valence-corrected chi connectivity index (χ0v) is 12.6. The minimum atomic E-state index is 0.579. The van der Waals surface area contributed by atoms with Gasteiger partial charge in [0, 0.05) is 10.9 Å². The molecule has 3 rings (SSSR count). The van der Waals surface area contributed by atoms with Gasteiger partial charge in [0.1, 0.15) is 12.4 Å². The molecular formula is C17H16N2OS. The van der Waals surface area contributed by atoms with E-state index in [2.05, 4.69) is 24.0 Å². The summed E-state index contributed by atoms with van der Waals surface area (Å²) in [6.07, 6.45) is 0. The van der Waals surface area contributed by atoms with Gasteiger partial charge in [0.25, 0.3) is 0 Å². The molecule has 4 heteroatoms. The number of nitrogen functional groups attached to an aromatic ring is 1. The molecule has 2 aromatic carbocycles. The summed E-state index contributed by atoms with van der Waals surface area (Å²) in [5, 5.41) is 2.54. The van der Waals surface area contributed by atoms with Crippen molar-refractivity contribution in [2.45, 2.75) is 13.5 Å². The number of rotatable bonds is 4. The number of hydrogen-bond donors (Lipinski definition) is 1. The number of aryl methyl sites for hydroxylation is 1. The number of nitrogens with two attached hydrogens (primary N) is 1. The Labute approximate surface area is 128 Å². The summed E-state index contributed by atoms with van der Waals surface area (Å²) >= 11 is 1.45. The summed E-state index contributed by atoms with van der Waals surface area (Å²) in [6.45, 7) is 2.67. The first kappa shape index (κ1) is 13.6. The molecule has 1 heterocycles. The van der Waals surface area contributed by atoms with Crippen molar-refractivity contribution in [3.8, 4) is 17.0 Å². The zero-order chi connectivity index (χ0) is 14.7. The van der Waals surface area contributed by atoms with Crippen LogP contribution in [-0.2, 0) is 6.61 Å². The van der Waals surface area contributed by atoms with Crippen LogP contribution in [-0.4, -0.2) is 4.98 Å². The van der Waals surface area contributed by atoms with Crippen molar-refractivity contribution in [2.24, 2.45) is 0 Å². The Morgan fingerprint density at radius 2 is 1.86 bits per heavy atom. The SMILES string of the molecule is Cc1ccccc1COc1ccc(-c2csc(N)n2)cc1. The molecule has 3 aromatic rings. The standard InChI is InChI=1S/C17H16N2OS/c1-12-4-2-3-5-14(12)10-20-15-8-6-13(7-9-15)16-11-21-17(18)19-16/h2-9,11H,10H2,1H3,(H2,18,19). The van der Waals surface area contributed by atoms with Gasteiger partial charge in [0.15, 0.2) is 5.13 Å². The molecule has 0 atom stereocenters. The zero-order valence-electron chi connectivity index (χ0n) is 11.7. The van der Waals surface area contributed by atoms with Crippen LogP contribution in [0, 0.1) is 6.92 Å². The van der Waals surface area contributed by atoms with E-state index in [1.165, 1.54) is 22.5 Å². The Hall–Kier alpha value is -2.33. The lowest BCUT2D eigenvalue weighted by Crippen LogP contribution is -1.97. The average Bonchev–Trinajstić information content (AvgIpc) is 2.94. The highest BCUT2D eigenvalue weighted by Gasteiger charge is 2.03. The molecule has 0 saturated heterocycles. The molecule has 106 valence electrons. The van der Waals surface area contributed by atoms with E-state index in [1.807, 2.05) is 41.8 Å². The molecule has 0 fully saturated rings. The molecule has 0 saturated carbocycles. The third kappa shape index (κ3) is 3.23. The Bertz CT molecular complexity index is 735. The molecule has 2 N–H and O–H groups in total. The van der Waals surface area contributed by atoms with Gasteiger partial charge >= 0.3 is 0 Å². The maximum atomic E-state index is 5.83. The summed E-state index contributed by atoms with van der Waals surface area (Å²) in [5.41, 5.74) is 10.1. The average molecular weight is 296 g/mol. The minimum Gasteiger partial charge on any atom is -0.489 e. The van der Waals surface area contributed by atoms with Gasteiger partial charge in [0.05, 0.1) is 5.69 Å². The van der Waals surface area contributed by atoms with Crippen molar-refractivity contribution in [1.29, 1.82) is 0 Å². The van der Waals surface area contributed by atoms with Crippen LogP contribution < -0.4 is 10.5 Å². The van der Waals surface area contributed by atoms with Crippen molar-refractivity contribution in [3.05, 3.63) is 65.0 Å². The third-order valence-corrected chi connectivity index (χ3v) is 4.00. The summed E-state index contributed by atoms with van der Waals surface area (Å²) < 4.78 is 5.83. The first-order valence-electron chi connectivity index (χ1n) is 6.71. The highest BCUT2D eigenvalue weighted by atomic mass is 32.1. The topological polar surface area (TPSA) is 48.1 Å². The van der Waals surface area contributed by atoms with Crippen molar-refractivity contribution in [2.75, 3.05) is 5.73 Å². The van der Waals surface area contributed by atoms with E-state index >= 15 is 0 Å². The van der Waals surface area contributed by atoms with Gasteiger partial charge in [-0.1, -0.05) is 24.3 Å². The van der Waals surface area contributed by atoms with Gasteiger partial charge in [-0.25, -0.2) is 4.98 Å². The number of nitrogens with zero attached hydrogens (tertiary/aromatic N) is 1. The van der Waals surface area contributed by atoms with Crippen LogP contribution in [0.2, 0.25) is 0 Å².